The van der Waals surface area contributed by atoms with Crippen LogP contribution in [0.1, 0.15) is 36.6 Å². The van der Waals surface area contributed by atoms with Gasteiger partial charge in [0.25, 0.3) is 0 Å². The van der Waals surface area contributed by atoms with Crippen molar-refractivity contribution in [2.24, 2.45) is 0 Å². The molecule has 3 rings (SSSR count). The molecule has 0 N–H and O–H groups in total. The summed E-state index contributed by atoms with van der Waals surface area (Å²) < 4.78 is 11.2. The van der Waals surface area contributed by atoms with Crippen LogP contribution in [-0.2, 0) is 4.74 Å². The highest BCUT2D eigenvalue weighted by molar-refractivity contribution is 9.10. The number of carbonyl (C=O) groups is 3. The van der Waals surface area contributed by atoms with E-state index in [-0.39, 0.29) is 12.4 Å². The number of ketones is 1. The third kappa shape index (κ3) is 5.62. The van der Waals surface area contributed by atoms with Gasteiger partial charge in [-0.3, -0.25) is 4.79 Å². The largest absolute Gasteiger partial charge is 0.454 e. The van der Waals surface area contributed by atoms with E-state index < -0.39 is 11.9 Å². The number of aryl methyl sites for hydroxylation is 1. The van der Waals surface area contributed by atoms with E-state index in [0.717, 1.165) is 10.0 Å². The van der Waals surface area contributed by atoms with Gasteiger partial charge in [0.15, 0.2) is 12.4 Å². The molecule has 0 heterocycles. The fraction of sp³-hybridized carbons (Fsp3) is 0.0870. The van der Waals surface area contributed by atoms with Crippen LogP contribution in [-0.4, -0.2) is 24.3 Å². The number of carbonyl (C=O) groups excluding carboxylic acids is 3. The maximum Gasteiger partial charge on any atom is 0.343 e. The van der Waals surface area contributed by atoms with Crippen molar-refractivity contribution in [1.29, 1.82) is 0 Å². The van der Waals surface area contributed by atoms with Crippen molar-refractivity contribution in [2.45, 2.75) is 6.92 Å². The predicted molar refractivity (Wildman–Crippen MR) is 111 cm³/mol. The zero-order valence-electron chi connectivity index (χ0n) is 15.6. The van der Waals surface area contributed by atoms with E-state index in [0.29, 0.717) is 22.4 Å². The van der Waals surface area contributed by atoms with Crippen LogP contribution < -0.4 is 4.74 Å². The minimum absolute atomic E-state index is 0.311. The number of hydrogen-bond donors (Lipinski definition) is 0. The lowest BCUT2D eigenvalue weighted by atomic mass is 10.1. The molecule has 3 aromatic carbocycles. The summed E-state index contributed by atoms with van der Waals surface area (Å²) in [5, 5.41) is 0. The van der Waals surface area contributed by atoms with Gasteiger partial charge in [0, 0.05) is 10.0 Å². The molecular formula is C23H17BrO5. The molecule has 29 heavy (non-hydrogen) atoms. The van der Waals surface area contributed by atoms with Crippen molar-refractivity contribution < 1.29 is 23.9 Å². The Morgan fingerprint density at radius 1 is 0.724 bits per heavy atom. The summed E-state index contributed by atoms with van der Waals surface area (Å²) in [7, 11) is 0. The Morgan fingerprint density at radius 3 is 1.86 bits per heavy atom. The second kappa shape index (κ2) is 9.30. The van der Waals surface area contributed by atoms with Crippen LogP contribution >= 0.6 is 15.9 Å². The Balaban J connectivity index is 1.55. The van der Waals surface area contributed by atoms with Gasteiger partial charge in [-0.15, -0.1) is 0 Å². The van der Waals surface area contributed by atoms with Gasteiger partial charge in [-0.25, -0.2) is 9.59 Å². The van der Waals surface area contributed by atoms with Crippen molar-refractivity contribution in [1.82, 2.24) is 0 Å². The van der Waals surface area contributed by atoms with E-state index >= 15 is 0 Å². The van der Waals surface area contributed by atoms with Gasteiger partial charge in [-0.05, 0) is 67.6 Å². The third-order valence-corrected chi connectivity index (χ3v) is 4.62. The minimum atomic E-state index is -0.557. The average Bonchev–Trinajstić information content (AvgIpc) is 2.73. The first-order valence-electron chi connectivity index (χ1n) is 8.77. The van der Waals surface area contributed by atoms with Gasteiger partial charge in [-0.2, -0.15) is 0 Å². The maximum absolute atomic E-state index is 12.2. The first kappa shape index (κ1) is 20.5. The molecule has 0 amide bonds. The molecule has 0 atom stereocenters. The summed E-state index contributed by atoms with van der Waals surface area (Å²) in [6.45, 7) is 1.54. The number of halogens is 1. The van der Waals surface area contributed by atoms with Crippen LogP contribution in [0.15, 0.2) is 77.3 Å². The van der Waals surface area contributed by atoms with Gasteiger partial charge < -0.3 is 9.47 Å². The lowest BCUT2D eigenvalue weighted by molar-refractivity contribution is 0.0474. The van der Waals surface area contributed by atoms with Crippen LogP contribution in [0.4, 0.5) is 0 Å². The molecule has 0 aliphatic heterocycles. The van der Waals surface area contributed by atoms with E-state index in [9.17, 15) is 14.4 Å². The number of hydrogen-bond acceptors (Lipinski definition) is 5. The highest BCUT2D eigenvalue weighted by atomic mass is 79.9. The number of esters is 2. The quantitative estimate of drug-likeness (QED) is 0.298. The van der Waals surface area contributed by atoms with Gasteiger partial charge in [-0.1, -0.05) is 33.6 Å². The van der Waals surface area contributed by atoms with Crippen molar-refractivity contribution in [3.63, 3.8) is 0 Å². The highest BCUT2D eigenvalue weighted by Gasteiger charge is 2.13. The van der Waals surface area contributed by atoms with Gasteiger partial charge >= 0.3 is 11.9 Å². The van der Waals surface area contributed by atoms with Crippen molar-refractivity contribution in [2.75, 3.05) is 6.61 Å². The van der Waals surface area contributed by atoms with E-state index in [1.54, 1.807) is 48.5 Å². The Bertz CT molecular complexity index is 1020. The zero-order chi connectivity index (χ0) is 20.8. The lowest BCUT2D eigenvalue weighted by Gasteiger charge is -2.07. The number of benzene rings is 3. The summed E-state index contributed by atoms with van der Waals surface area (Å²) in [5.41, 5.74) is 2.18. The second-order valence-electron chi connectivity index (χ2n) is 6.29. The fourth-order valence-corrected chi connectivity index (χ4v) is 2.71. The maximum atomic E-state index is 12.2. The van der Waals surface area contributed by atoms with E-state index in [1.807, 2.05) is 6.92 Å². The van der Waals surface area contributed by atoms with Crippen molar-refractivity contribution >= 4 is 33.7 Å². The molecule has 0 radical (unpaired) electrons. The average molecular weight is 453 g/mol. The standard InChI is InChI=1S/C23H17BrO5/c1-15-2-4-17(5-3-15)22(26)28-14-21(25)16-8-12-20(13-9-16)29-23(27)18-6-10-19(24)11-7-18/h2-13H,14H2,1H3. The van der Waals surface area contributed by atoms with Crippen LogP contribution in [0, 0.1) is 6.92 Å². The molecule has 0 unspecified atom stereocenters. The lowest BCUT2D eigenvalue weighted by Crippen LogP contribution is -2.14. The van der Waals surface area contributed by atoms with Crippen LogP contribution in [0.25, 0.3) is 0 Å². The number of Topliss-reactive ketones (excluding diaryl/α,β-unsaturated/α-hetero) is 1. The summed E-state index contributed by atoms with van der Waals surface area (Å²) in [5.74, 6) is -1.09. The minimum Gasteiger partial charge on any atom is -0.454 e. The smallest absolute Gasteiger partial charge is 0.343 e. The summed E-state index contributed by atoms with van der Waals surface area (Å²) >= 11 is 3.31. The molecule has 0 aromatic heterocycles. The molecule has 0 bridgehead atoms. The van der Waals surface area contributed by atoms with E-state index in [1.165, 1.54) is 24.3 Å². The predicted octanol–water partition coefficient (Wildman–Crippen LogP) is 5.02. The van der Waals surface area contributed by atoms with Crippen LogP contribution in [0.5, 0.6) is 5.75 Å². The SMILES string of the molecule is Cc1ccc(C(=O)OCC(=O)c2ccc(OC(=O)c3ccc(Br)cc3)cc2)cc1. The summed E-state index contributed by atoms with van der Waals surface area (Å²) in [6.07, 6.45) is 0. The second-order valence-corrected chi connectivity index (χ2v) is 7.20. The monoisotopic (exact) mass is 452 g/mol. The van der Waals surface area contributed by atoms with Crippen molar-refractivity contribution in [3.8, 4) is 5.75 Å². The highest BCUT2D eigenvalue weighted by Crippen LogP contribution is 2.16. The molecule has 0 fully saturated rings. The Labute approximate surface area is 176 Å². The molecule has 0 aliphatic rings. The Morgan fingerprint density at radius 2 is 1.24 bits per heavy atom. The zero-order valence-corrected chi connectivity index (χ0v) is 17.1. The van der Waals surface area contributed by atoms with Crippen LogP contribution in [0.2, 0.25) is 0 Å². The normalized spacial score (nSPS) is 10.3. The number of ether oxygens (including phenoxy) is 2. The molecule has 146 valence electrons. The van der Waals surface area contributed by atoms with Gasteiger partial charge in [0.1, 0.15) is 5.75 Å². The Kier molecular flexibility index (Phi) is 6.57. The van der Waals surface area contributed by atoms with Crippen molar-refractivity contribution in [3.05, 3.63) is 99.5 Å². The molecule has 0 spiro atoms. The van der Waals surface area contributed by atoms with E-state index in [4.69, 9.17) is 9.47 Å². The molecule has 6 heteroatoms. The molecule has 5 nitrogen and oxygen atoms in total. The molecule has 3 aromatic rings. The van der Waals surface area contributed by atoms with Gasteiger partial charge in [0.05, 0.1) is 11.1 Å². The summed E-state index contributed by atoms with van der Waals surface area (Å²) in [4.78, 5) is 36.3. The Hall–Kier alpha value is -3.25. The first-order valence-corrected chi connectivity index (χ1v) is 9.56. The molecular weight excluding hydrogens is 436 g/mol. The summed E-state index contributed by atoms with van der Waals surface area (Å²) in [6, 6.07) is 19.8. The molecule has 0 aliphatic carbocycles. The molecule has 0 saturated carbocycles. The fourth-order valence-electron chi connectivity index (χ4n) is 2.45. The van der Waals surface area contributed by atoms with Crippen LogP contribution in [0.3, 0.4) is 0 Å². The van der Waals surface area contributed by atoms with E-state index in [2.05, 4.69) is 15.9 Å². The first-order chi connectivity index (χ1) is 13.9. The third-order valence-electron chi connectivity index (χ3n) is 4.09. The van der Waals surface area contributed by atoms with Gasteiger partial charge in [0.2, 0.25) is 0 Å². The molecule has 0 saturated heterocycles. The number of rotatable bonds is 6. The topological polar surface area (TPSA) is 69.7 Å².